The summed E-state index contributed by atoms with van der Waals surface area (Å²) in [5.74, 6) is 1.60. The van der Waals surface area contributed by atoms with Gasteiger partial charge in [0.1, 0.15) is 23.6 Å². The van der Waals surface area contributed by atoms with Crippen molar-refractivity contribution < 1.29 is 4.74 Å². The maximum atomic E-state index is 10.2. The van der Waals surface area contributed by atoms with Crippen LogP contribution >= 0.6 is 0 Å². The first-order chi connectivity index (χ1) is 17.5. The van der Waals surface area contributed by atoms with Crippen LogP contribution in [0.25, 0.3) is 39.6 Å². The highest BCUT2D eigenvalue weighted by Crippen LogP contribution is 2.37. The number of imidazole rings is 1. The van der Waals surface area contributed by atoms with E-state index in [9.17, 15) is 5.26 Å². The molecule has 0 bridgehead atoms. The molecule has 6 nitrogen and oxygen atoms in total. The minimum atomic E-state index is 0.165. The van der Waals surface area contributed by atoms with E-state index in [1.54, 1.807) is 0 Å². The maximum Gasteiger partial charge on any atom is 0.151 e. The highest BCUT2D eigenvalue weighted by atomic mass is 16.5. The minimum absolute atomic E-state index is 0.165. The Labute approximate surface area is 209 Å². The number of nitrogens with zero attached hydrogens (tertiary/aromatic N) is 5. The highest BCUT2D eigenvalue weighted by Gasteiger charge is 2.23. The smallest absolute Gasteiger partial charge is 0.151 e. The molecule has 0 aliphatic carbocycles. The van der Waals surface area contributed by atoms with E-state index >= 15 is 0 Å². The van der Waals surface area contributed by atoms with Crippen molar-refractivity contribution >= 4 is 22.7 Å². The van der Waals surface area contributed by atoms with Gasteiger partial charge in [-0.2, -0.15) is 10.4 Å². The van der Waals surface area contributed by atoms with Crippen molar-refractivity contribution in [2.45, 2.75) is 26.4 Å². The van der Waals surface area contributed by atoms with Gasteiger partial charge in [0.25, 0.3) is 0 Å². The van der Waals surface area contributed by atoms with Crippen molar-refractivity contribution in [3.05, 3.63) is 95.4 Å². The standard InChI is InChI=1S/C30H25N5O/c1-19-13-21(15-22-14-20(2)36-29(19)22)28-24(18-35(33-28)25-9-5-4-6-10-25)16-23(17-31)30-32-26-11-7-8-12-27(26)34(30)3/h4-13,15-16,18,20H,14H2,1-3H3/b23-16+/t20-/m1/s1. The first-order valence-corrected chi connectivity index (χ1v) is 12.0. The van der Waals surface area contributed by atoms with Gasteiger partial charge in [0.05, 0.1) is 22.3 Å². The predicted molar refractivity (Wildman–Crippen MR) is 142 cm³/mol. The second kappa shape index (κ2) is 8.54. The fourth-order valence-corrected chi connectivity index (χ4v) is 4.98. The fraction of sp³-hybridized carbons (Fsp3) is 0.167. The molecule has 0 amide bonds. The van der Waals surface area contributed by atoms with E-state index in [4.69, 9.17) is 14.8 Å². The monoisotopic (exact) mass is 471 g/mol. The lowest BCUT2D eigenvalue weighted by atomic mass is 9.99. The van der Waals surface area contributed by atoms with Gasteiger partial charge in [0.2, 0.25) is 0 Å². The van der Waals surface area contributed by atoms with Gasteiger partial charge in [-0.1, -0.05) is 30.3 Å². The van der Waals surface area contributed by atoms with Crippen molar-refractivity contribution in [1.82, 2.24) is 19.3 Å². The van der Waals surface area contributed by atoms with E-state index in [1.165, 1.54) is 5.56 Å². The molecule has 176 valence electrons. The number of benzene rings is 3. The van der Waals surface area contributed by atoms with Crippen LogP contribution in [0.15, 0.2) is 72.9 Å². The van der Waals surface area contributed by atoms with E-state index in [1.807, 2.05) is 83.2 Å². The Morgan fingerprint density at radius 2 is 1.89 bits per heavy atom. The minimum Gasteiger partial charge on any atom is -0.490 e. The van der Waals surface area contributed by atoms with Crippen molar-refractivity contribution in [3.8, 4) is 28.8 Å². The molecule has 3 aromatic carbocycles. The second-order valence-electron chi connectivity index (χ2n) is 9.28. The first-order valence-electron chi connectivity index (χ1n) is 12.0. The largest absolute Gasteiger partial charge is 0.490 e. The molecule has 0 saturated heterocycles. The average Bonchev–Trinajstić information content (AvgIpc) is 3.58. The van der Waals surface area contributed by atoms with Crippen LogP contribution in [-0.4, -0.2) is 25.4 Å². The second-order valence-corrected chi connectivity index (χ2v) is 9.28. The Hall–Kier alpha value is -4.63. The molecular formula is C30H25N5O. The molecule has 0 N–H and O–H groups in total. The third-order valence-electron chi connectivity index (χ3n) is 6.66. The van der Waals surface area contributed by atoms with Crippen molar-refractivity contribution in [2.24, 2.45) is 7.05 Å². The molecule has 6 heteroatoms. The molecule has 36 heavy (non-hydrogen) atoms. The van der Waals surface area contributed by atoms with Crippen LogP contribution in [-0.2, 0) is 13.5 Å². The molecule has 0 saturated carbocycles. The lowest BCUT2D eigenvalue weighted by Gasteiger charge is -2.08. The quantitative estimate of drug-likeness (QED) is 0.296. The van der Waals surface area contributed by atoms with Gasteiger partial charge in [0, 0.05) is 30.8 Å². The van der Waals surface area contributed by atoms with E-state index in [2.05, 4.69) is 32.0 Å². The summed E-state index contributed by atoms with van der Waals surface area (Å²) in [5.41, 5.74) is 8.24. The summed E-state index contributed by atoms with van der Waals surface area (Å²) in [7, 11) is 1.94. The number of hydrogen-bond acceptors (Lipinski definition) is 4. The molecule has 1 aliphatic heterocycles. The third-order valence-corrected chi connectivity index (χ3v) is 6.66. The summed E-state index contributed by atoms with van der Waals surface area (Å²) in [6.45, 7) is 4.16. The zero-order valence-corrected chi connectivity index (χ0v) is 20.4. The van der Waals surface area contributed by atoms with Gasteiger partial charge in [-0.05, 0) is 67.4 Å². The topological polar surface area (TPSA) is 68.7 Å². The number of allylic oxidation sites excluding steroid dienone is 1. The Morgan fingerprint density at radius 3 is 2.67 bits per heavy atom. The van der Waals surface area contributed by atoms with Crippen LogP contribution < -0.4 is 4.74 Å². The van der Waals surface area contributed by atoms with Crippen LogP contribution in [0, 0.1) is 18.3 Å². The normalized spacial score (nSPS) is 15.1. The Bertz CT molecular complexity index is 1680. The van der Waals surface area contributed by atoms with Crippen LogP contribution in [0.3, 0.4) is 0 Å². The molecule has 0 unspecified atom stereocenters. The van der Waals surface area contributed by atoms with Crippen molar-refractivity contribution in [2.75, 3.05) is 0 Å². The van der Waals surface area contributed by atoms with E-state index in [-0.39, 0.29) is 6.10 Å². The van der Waals surface area contributed by atoms with Crippen LogP contribution in [0.1, 0.15) is 29.4 Å². The van der Waals surface area contributed by atoms with Gasteiger partial charge in [-0.15, -0.1) is 0 Å². The predicted octanol–water partition coefficient (Wildman–Crippen LogP) is 6.12. The maximum absolute atomic E-state index is 10.2. The molecule has 5 aromatic rings. The zero-order valence-electron chi connectivity index (χ0n) is 20.4. The van der Waals surface area contributed by atoms with Crippen molar-refractivity contribution in [3.63, 3.8) is 0 Å². The molecule has 2 aromatic heterocycles. The summed E-state index contributed by atoms with van der Waals surface area (Å²) in [6.07, 6.45) is 4.91. The Morgan fingerprint density at radius 1 is 1.11 bits per heavy atom. The lowest BCUT2D eigenvalue weighted by Crippen LogP contribution is -2.05. The third kappa shape index (κ3) is 3.66. The molecule has 3 heterocycles. The Kier molecular flexibility index (Phi) is 5.19. The molecule has 1 atom stereocenters. The summed E-state index contributed by atoms with van der Waals surface area (Å²) >= 11 is 0. The fourth-order valence-electron chi connectivity index (χ4n) is 4.98. The number of aryl methyl sites for hydroxylation is 2. The highest BCUT2D eigenvalue weighted by molar-refractivity contribution is 5.93. The zero-order chi connectivity index (χ0) is 24.8. The van der Waals surface area contributed by atoms with E-state index in [0.29, 0.717) is 11.4 Å². The number of fused-ring (bicyclic) bond motifs is 2. The SMILES string of the molecule is Cc1cc(-c2nn(-c3ccccc3)cc2/C=C(\C#N)c2nc3ccccc3n2C)cc2c1O[C@H](C)C2. The summed E-state index contributed by atoms with van der Waals surface area (Å²) in [4.78, 5) is 4.75. The summed E-state index contributed by atoms with van der Waals surface area (Å²) in [6, 6.07) is 24.6. The van der Waals surface area contributed by atoms with Crippen LogP contribution in [0.4, 0.5) is 0 Å². The lowest BCUT2D eigenvalue weighted by molar-refractivity contribution is 0.253. The van der Waals surface area contributed by atoms with E-state index < -0.39 is 0 Å². The van der Waals surface area contributed by atoms with Gasteiger partial charge in [0.15, 0.2) is 5.82 Å². The van der Waals surface area contributed by atoms with Crippen LogP contribution in [0.5, 0.6) is 5.75 Å². The summed E-state index contributed by atoms with van der Waals surface area (Å²) in [5, 5.41) is 15.1. The average molecular weight is 472 g/mol. The molecule has 0 spiro atoms. The number of hydrogen-bond donors (Lipinski definition) is 0. The summed E-state index contributed by atoms with van der Waals surface area (Å²) < 4.78 is 9.85. The number of aromatic nitrogens is 4. The van der Waals surface area contributed by atoms with Gasteiger partial charge < -0.3 is 9.30 Å². The number of ether oxygens (including phenoxy) is 1. The molecule has 0 fully saturated rings. The molecule has 6 rings (SSSR count). The number of nitriles is 1. The van der Waals surface area contributed by atoms with E-state index in [0.717, 1.165) is 51.3 Å². The molecule has 1 aliphatic rings. The molecular weight excluding hydrogens is 446 g/mol. The Balaban J connectivity index is 1.54. The molecule has 0 radical (unpaired) electrons. The van der Waals surface area contributed by atoms with Crippen LogP contribution in [0.2, 0.25) is 0 Å². The van der Waals surface area contributed by atoms with Gasteiger partial charge >= 0.3 is 0 Å². The number of para-hydroxylation sites is 3. The number of rotatable bonds is 4. The first kappa shape index (κ1) is 21.9. The van der Waals surface area contributed by atoms with Crippen molar-refractivity contribution in [1.29, 1.82) is 5.26 Å². The van der Waals surface area contributed by atoms with Gasteiger partial charge in [-0.3, -0.25) is 0 Å². The van der Waals surface area contributed by atoms with Gasteiger partial charge in [-0.25, -0.2) is 9.67 Å².